The zero-order valence-electron chi connectivity index (χ0n) is 4.06. The number of hydrogen-bond donors (Lipinski definition) is 0. The SMILES string of the molecule is [CH2-]C(C)=O.[CH3-].[V+2]. The summed E-state index contributed by atoms with van der Waals surface area (Å²) in [5, 5.41) is 0. The van der Waals surface area contributed by atoms with Crippen molar-refractivity contribution in [2.45, 2.75) is 6.92 Å². The van der Waals surface area contributed by atoms with Crippen molar-refractivity contribution in [3.05, 3.63) is 14.4 Å². The molecule has 1 radical (unpaired) electrons. The fourth-order valence-corrected chi connectivity index (χ4v) is 0. The molecule has 1 nitrogen and oxygen atoms in total. The van der Waals surface area contributed by atoms with Gasteiger partial charge in [-0.1, -0.05) is 0 Å². The first kappa shape index (κ1) is 16.5. The molecular weight excluding hydrogens is 115 g/mol. The van der Waals surface area contributed by atoms with Crippen molar-refractivity contribution in [2.24, 2.45) is 0 Å². The number of Topliss-reactive ketones (excluding diaryl/α,β-unsaturated/α-hetero) is 1. The van der Waals surface area contributed by atoms with Gasteiger partial charge in [0.1, 0.15) is 0 Å². The third kappa shape index (κ3) is 2600. The summed E-state index contributed by atoms with van der Waals surface area (Å²) >= 11 is 0. The Hall–Kier alpha value is 0.124. The summed E-state index contributed by atoms with van der Waals surface area (Å²) in [5.41, 5.74) is 0. The van der Waals surface area contributed by atoms with Crippen LogP contribution in [-0.2, 0) is 23.4 Å². The summed E-state index contributed by atoms with van der Waals surface area (Å²) in [7, 11) is 0. The second-order valence-electron chi connectivity index (χ2n) is 0.702. The summed E-state index contributed by atoms with van der Waals surface area (Å²) in [6, 6.07) is 0. The van der Waals surface area contributed by atoms with E-state index in [9.17, 15) is 4.79 Å². The minimum absolute atomic E-state index is 0. The molecule has 35 valence electrons. The molecule has 0 aliphatic carbocycles. The number of ketones is 1. The summed E-state index contributed by atoms with van der Waals surface area (Å²) < 4.78 is 0. The van der Waals surface area contributed by atoms with Crippen LogP contribution in [0.15, 0.2) is 0 Å². The van der Waals surface area contributed by atoms with E-state index in [1.165, 1.54) is 6.92 Å². The molecule has 0 aromatic heterocycles. The molecule has 0 spiro atoms. The smallest absolute Gasteiger partial charge is 0.358 e. The summed E-state index contributed by atoms with van der Waals surface area (Å²) in [5.74, 6) is -0.0833. The van der Waals surface area contributed by atoms with Crippen molar-refractivity contribution < 1.29 is 23.4 Å². The fourth-order valence-electron chi connectivity index (χ4n) is 0. The molecule has 0 unspecified atom stereocenters. The molecule has 0 aliphatic heterocycles. The van der Waals surface area contributed by atoms with Crippen LogP contribution in [0.4, 0.5) is 0 Å². The Balaban J connectivity index is -0.0000000450. The van der Waals surface area contributed by atoms with Gasteiger partial charge in [0.05, 0.1) is 0 Å². The van der Waals surface area contributed by atoms with E-state index in [0.717, 1.165) is 0 Å². The second-order valence-corrected chi connectivity index (χ2v) is 0.702. The normalized spacial score (nSPS) is 4.17. The van der Waals surface area contributed by atoms with E-state index in [-0.39, 0.29) is 31.8 Å². The van der Waals surface area contributed by atoms with E-state index in [0.29, 0.717) is 0 Å². The molecule has 0 rings (SSSR count). The predicted molar refractivity (Wildman–Crippen MR) is 22.5 cm³/mol. The number of carbonyl (C=O) groups is 1. The van der Waals surface area contributed by atoms with Crippen molar-refractivity contribution in [2.75, 3.05) is 0 Å². The van der Waals surface area contributed by atoms with Gasteiger partial charge in [0.2, 0.25) is 0 Å². The molecule has 0 aliphatic rings. The Morgan fingerprint density at radius 3 is 1.67 bits per heavy atom. The van der Waals surface area contributed by atoms with Crippen LogP contribution in [0.2, 0.25) is 0 Å². The first-order chi connectivity index (χ1) is 1.73. The van der Waals surface area contributed by atoms with Crippen molar-refractivity contribution >= 4 is 5.78 Å². The maximum absolute atomic E-state index is 9.33. The largest absolute Gasteiger partial charge is 2.00 e. The summed E-state index contributed by atoms with van der Waals surface area (Å²) in [6.07, 6.45) is 0. The zero-order valence-corrected chi connectivity index (χ0v) is 5.46. The van der Waals surface area contributed by atoms with Crippen LogP contribution < -0.4 is 0 Å². The molecule has 0 aromatic rings. The minimum atomic E-state index is -0.0833. The van der Waals surface area contributed by atoms with Gasteiger partial charge in [-0.3, -0.25) is 0 Å². The van der Waals surface area contributed by atoms with E-state index < -0.39 is 0 Å². The van der Waals surface area contributed by atoms with Gasteiger partial charge in [-0.05, 0) is 12.7 Å². The van der Waals surface area contributed by atoms with Gasteiger partial charge in [0, 0.05) is 0 Å². The van der Waals surface area contributed by atoms with E-state index in [1.54, 1.807) is 0 Å². The standard InChI is InChI=1S/C3H5O.CH3.V/c1-3(2)4;;/h1H2,2H3;1H3;/q2*-1;+2. The van der Waals surface area contributed by atoms with Crippen LogP contribution in [0.3, 0.4) is 0 Å². The van der Waals surface area contributed by atoms with Crippen LogP contribution in [0.5, 0.6) is 0 Å². The van der Waals surface area contributed by atoms with Gasteiger partial charge < -0.3 is 19.1 Å². The van der Waals surface area contributed by atoms with Gasteiger partial charge >= 0.3 is 18.6 Å². The number of carbonyl (C=O) groups excluding carboxylic acids is 1. The minimum Gasteiger partial charge on any atom is -0.358 e. The molecule has 6 heavy (non-hydrogen) atoms. The fraction of sp³-hybridized carbons (Fsp3) is 0.250. The molecule has 0 atom stereocenters. The average Bonchev–Trinajstić information content (AvgIpc) is 0.811. The molecule has 0 N–H and O–H groups in total. The van der Waals surface area contributed by atoms with Crippen molar-refractivity contribution in [3.8, 4) is 0 Å². The number of hydrogen-bond acceptors (Lipinski definition) is 1. The summed E-state index contributed by atoms with van der Waals surface area (Å²) in [4.78, 5) is 9.33. The van der Waals surface area contributed by atoms with Crippen molar-refractivity contribution in [1.82, 2.24) is 0 Å². The third-order valence-corrected chi connectivity index (χ3v) is 0. The van der Waals surface area contributed by atoms with Crippen molar-refractivity contribution in [1.29, 1.82) is 0 Å². The van der Waals surface area contributed by atoms with E-state index in [2.05, 4.69) is 6.92 Å². The topological polar surface area (TPSA) is 17.1 Å². The first-order valence-corrected chi connectivity index (χ1v) is 1.06. The van der Waals surface area contributed by atoms with Gasteiger partial charge in [0.25, 0.3) is 0 Å². The Bertz CT molecular complexity index is 30.5. The molecule has 0 heterocycles. The van der Waals surface area contributed by atoms with Crippen molar-refractivity contribution in [3.63, 3.8) is 0 Å². The molecule has 0 amide bonds. The van der Waals surface area contributed by atoms with E-state index in [1.807, 2.05) is 0 Å². The molecule has 0 aromatic carbocycles. The second kappa shape index (κ2) is 8.93. The van der Waals surface area contributed by atoms with E-state index >= 15 is 0 Å². The molecule has 0 fully saturated rings. The van der Waals surface area contributed by atoms with Crippen LogP contribution in [0.25, 0.3) is 0 Å². The van der Waals surface area contributed by atoms with Gasteiger partial charge in [-0.15, -0.1) is 0 Å². The summed E-state index contributed by atoms with van der Waals surface area (Å²) in [6.45, 7) is 4.42. The molecule has 0 saturated heterocycles. The zero-order chi connectivity index (χ0) is 3.58. The Morgan fingerprint density at radius 1 is 1.67 bits per heavy atom. The van der Waals surface area contributed by atoms with Crippen LogP contribution in [0, 0.1) is 14.4 Å². The van der Waals surface area contributed by atoms with Gasteiger partial charge in [-0.2, -0.15) is 0 Å². The van der Waals surface area contributed by atoms with Crippen LogP contribution >= 0.6 is 0 Å². The predicted octanol–water partition coefficient (Wildman–Crippen LogP) is 0.857. The molecular formula is C4H8OV. The molecule has 0 bridgehead atoms. The van der Waals surface area contributed by atoms with E-state index in [4.69, 9.17) is 0 Å². The molecule has 2 heteroatoms. The molecule has 0 saturated carbocycles. The average molecular weight is 123 g/mol. The van der Waals surface area contributed by atoms with Crippen LogP contribution in [-0.4, -0.2) is 5.78 Å². The van der Waals surface area contributed by atoms with Gasteiger partial charge in [0.15, 0.2) is 0 Å². The first-order valence-electron chi connectivity index (χ1n) is 1.06. The quantitative estimate of drug-likeness (QED) is 0.436. The maximum Gasteiger partial charge on any atom is 2.00 e. The Morgan fingerprint density at radius 2 is 1.67 bits per heavy atom. The number of rotatable bonds is 0. The monoisotopic (exact) mass is 123 g/mol. The van der Waals surface area contributed by atoms with Gasteiger partial charge in [-0.25, -0.2) is 0 Å². The Labute approximate surface area is 51.0 Å². The Kier molecular flexibility index (Phi) is 24.5. The maximum atomic E-state index is 9.33. The third-order valence-electron chi connectivity index (χ3n) is 0. The van der Waals surface area contributed by atoms with Crippen LogP contribution in [0.1, 0.15) is 6.92 Å².